The minimum atomic E-state index is -0.230. The van der Waals surface area contributed by atoms with E-state index in [-0.39, 0.29) is 12.2 Å². The highest BCUT2D eigenvalue weighted by Crippen LogP contribution is 2.47. The molecule has 0 radical (unpaired) electrons. The molecule has 0 amide bonds. The Hall–Kier alpha value is -1.24. The molecule has 2 aliphatic rings. The van der Waals surface area contributed by atoms with Gasteiger partial charge in [0.2, 0.25) is 5.88 Å². The molecule has 0 aromatic carbocycles. The van der Waals surface area contributed by atoms with Gasteiger partial charge in [-0.3, -0.25) is 0 Å². The number of fused-ring (bicyclic) bond motifs is 3. The van der Waals surface area contributed by atoms with Gasteiger partial charge in [0.15, 0.2) is 0 Å². The summed E-state index contributed by atoms with van der Waals surface area (Å²) in [5.41, 5.74) is 1.36. The van der Waals surface area contributed by atoms with Crippen molar-refractivity contribution in [3.63, 3.8) is 0 Å². The Kier molecular flexibility index (Phi) is 5.67. The molecule has 2 aliphatic carbocycles. The van der Waals surface area contributed by atoms with E-state index in [1.165, 1.54) is 23.3 Å². The fourth-order valence-corrected chi connectivity index (χ4v) is 5.93. The first-order chi connectivity index (χ1) is 13.1. The van der Waals surface area contributed by atoms with Crippen molar-refractivity contribution in [1.82, 2.24) is 14.9 Å². The van der Waals surface area contributed by atoms with E-state index in [0.29, 0.717) is 12.0 Å². The van der Waals surface area contributed by atoms with Gasteiger partial charge >= 0.3 is 0 Å². The fraction of sp³-hybridized carbons (Fsp3) is 0.714. The molecule has 1 saturated carbocycles. The van der Waals surface area contributed by atoms with Crippen LogP contribution in [0.15, 0.2) is 6.33 Å². The molecule has 0 unspecified atom stereocenters. The molecule has 0 aliphatic heterocycles. The van der Waals surface area contributed by atoms with Gasteiger partial charge in [-0.25, -0.2) is 9.97 Å². The zero-order valence-electron chi connectivity index (χ0n) is 16.6. The standard InChI is InChI=1S/C21H31N3O2S/c1-4-15(25)11-13-5-10-17-18(13)19-20(22-12-23-21(19)27-17)26-16-8-6-14(7-9-16)24(2)3/h12-16,25H,4-11H2,1-3H3/t13-,14?,15-,16?/m1/s1. The second-order valence-corrected chi connectivity index (χ2v) is 9.43. The van der Waals surface area contributed by atoms with Crippen LogP contribution in [-0.4, -0.2) is 52.3 Å². The van der Waals surface area contributed by atoms with Crippen LogP contribution in [-0.2, 0) is 6.42 Å². The van der Waals surface area contributed by atoms with Crippen molar-refractivity contribution in [2.45, 2.75) is 82.5 Å². The minimum absolute atomic E-state index is 0.230. The van der Waals surface area contributed by atoms with Crippen LogP contribution < -0.4 is 4.74 Å². The molecule has 5 nitrogen and oxygen atoms in total. The number of ether oxygens (including phenoxy) is 1. The highest BCUT2D eigenvalue weighted by Gasteiger charge is 2.32. The number of hydrogen-bond donors (Lipinski definition) is 1. The van der Waals surface area contributed by atoms with E-state index >= 15 is 0 Å². The van der Waals surface area contributed by atoms with Gasteiger partial charge in [-0.2, -0.15) is 0 Å². The maximum Gasteiger partial charge on any atom is 0.225 e. The van der Waals surface area contributed by atoms with Crippen LogP contribution in [0.2, 0.25) is 0 Å². The van der Waals surface area contributed by atoms with Crippen molar-refractivity contribution in [2.24, 2.45) is 0 Å². The molecule has 6 heteroatoms. The Morgan fingerprint density at radius 1 is 1.22 bits per heavy atom. The van der Waals surface area contributed by atoms with E-state index in [1.807, 2.05) is 6.92 Å². The van der Waals surface area contributed by atoms with Gasteiger partial charge in [0.1, 0.15) is 17.3 Å². The summed E-state index contributed by atoms with van der Waals surface area (Å²) in [5, 5.41) is 11.3. The first kappa shape index (κ1) is 19.1. The van der Waals surface area contributed by atoms with Crippen molar-refractivity contribution >= 4 is 21.6 Å². The Morgan fingerprint density at radius 2 is 2.00 bits per heavy atom. The monoisotopic (exact) mass is 389 g/mol. The van der Waals surface area contributed by atoms with Crippen molar-refractivity contribution in [1.29, 1.82) is 0 Å². The maximum absolute atomic E-state index is 10.2. The number of aryl methyl sites for hydroxylation is 1. The van der Waals surface area contributed by atoms with Gasteiger partial charge in [-0.05, 0) is 76.9 Å². The van der Waals surface area contributed by atoms with Gasteiger partial charge in [0.25, 0.3) is 0 Å². The summed E-state index contributed by atoms with van der Waals surface area (Å²) in [6.45, 7) is 2.05. The smallest absolute Gasteiger partial charge is 0.225 e. The summed E-state index contributed by atoms with van der Waals surface area (Å²) in [5.74, 6) is 1.17. The third-order valence-electron chi connectivity index (χ3n) is 6.38. The van der Waals surface area contributed by atoms with E-state index in [4.69, 9.17) is 4.74 Å². The van der Waals surface area contributed by atoms with Crippen LogP contribution in [0.1, 0.15) is 68.2 Å². The van der Waals surface area contributed by atoms with Crippen molar-refractivity contribution in [3.05, 3.63) is 16.8 Å². The van der Waals surface area contributed by atoms with Crippen LogP contribution in [0.3, 0.4) is 0 Å². The van der Waals surface area contributed by atoms with Crippen molar-refractivity contribution in [3.8, 4) is 5.88 Å². The molecule has 2 aromatic heterocycles. The molecule has 2 heterocycles. The lowest BCUT2D eigenvalue weighted by molar-refractivity contribution is 0.108. The molecule has 148 valence electrons. The van der Waals surface area contributed by atoms with E-state index in [1.54, 1.807) is 17.7 Å². The van der Waals surface area contributed by atoms with Gasteiger partial charge in [0.05, 0.1) is 11.5 Å². The number of nitrogens with zero attached hydrogens (tertiary/aromatic N) is 3. The zero-order chi connectivity index (χ0) is 19.0. The highest BCUT2D eigenvalue weighted by molar-refractivity contribution is 7.19. The molecule has 1 N–H and O–H groups in total. The number of aromatic nitrogens is 2. The second-order valence-electron chi connectivity index (χ2n) is 8.34. The lowest BCUT2D eigenvalue weighted by Crippen LogP contribution is -2.35. The third kappa shape index (κ3) is 3.84. The predicted molar refractivity (Wildman–Crippen MR) is 110 cm³/mol. The van der Waals surface area contributed by atoms with Crippen LogP contribution in [0, 0.1) is 0 Å². The maximum atomic E-state index is 10.2. The molecule has 2 aromatic rings. The molecular weight excluding hydrogens is 358 g/mol. The van der Waals surface area contributed by atoms with Gasteiger partial charge < -0.3 is 14.7 Å². The summed E-state index contributed by atoms with van der Waals surface area (Å²) in [7, 11) is 4.33. The first-order valence-electron chi connectivity index (χ1n) is 10.3. The van der Waals surface area contributed by atoms with Gasteiger partial charge in [0, 0.05) is 10.9 Å². The van der Waals surface area contributed by atoms with Gasteiger partial charge in [-0.15, -0.1) is 11.3 Å². The molecule has 0 spiro atoms. The van der Waals surface area contributed by atoms with Gasteiger partial charge in [-0.1, -0.05) is 6.92 Å². The lowest BCUT2D eigenvalue weighted by Gasteiger charge is -2.32. The Balaban J connectivity index is 1.57. The zero-order valence-corrected chi connectivity index (χ0v) is 17.5. The minimum Gasteiger partial charge on any atom is -0.474 e. The molecule has 0 saturated heterocycles. The van der Waals surface area contributed by atoms with E-state index in [0.717, 1.165) is 54.6 Å². The number of rotatable bonds is 6. The van der Waals surface area contributed by atoms with Crippen LogP contribution >= 0.6 is 11.3 Å². The number of aliphatic hydroxyl groups is 1. The van der Waals surface area contributed by atoms with E-state index in [9.17, 15) is 5.11 Å². The molecule has 2 atom stereocenters. The van der Waals surface area contributed by atoms with Crippen molar-refractivity contribution < 1.29 is 9.84 Å². The van der Waals surface area contributed by atoms with Crippen molar-refractivity contribution in [2.75, 3.05) is 14.1 Å². The summed E-state index contributed by atoms with van der Waals surface area (Å²) in [6.07, 6.45) is 10.0. The summed E-state index contributed by atoms with van der Waals surface area (Å²) in [4.78, 5) is 13.9. The van der Waals surface area contributed by atoms with Crippen LogP contribution in [0.4, 0.5) is 0 Å². The number of hydrogen-bond acceptors (Lipinski definition) is 6. The lowest BCUT2D eigenvalue weighted by atomic mass is 9.92. The normalized spacial score (nSPS) is 26.5. The second kappa shape index (κ2) is 8.02. The van der Waals surface area contributed by atoms with Crippen LogP contribution in [0.25, 0.3) is 10.2 Å². The Bertz CT molecular complexity index is 783. The van der Waals surface area contributed by atoms with E-state index in [2.05, 4.69) is 29.0 Å². The molecule has 4 rings (SSSR count). The summed E-state index contributed by atoms with van der Waals surface area (Å²) >= 11 is 1.79. The molecule has 0 bridgehead atoms. The average molecular weight is 390 g/mol. The summed E-state index contributed by atoms with van der Waals surface area (Å²) < 4.78 is 6.43. The van der Waals surface area contributed by atoms with Crippen LogP contribution in [0.5, 0.6) is 5.88 Å². The molecular formula is C21H31N3O2S. The quantitative estimate of drug-likeness (QED) is 0.805. The SMILES string of the molecule is CC[C@@H](O)C[C@H]1CCc2sc3ncnc(OC4CCC(N(C)C)CC4)c3c21. The highest BCUT2D eigenvalue weighted by atomic mass is 32.1. The third-order valence-corrected chi connectivity index (χ3v) is 7.55. The summed E-state index contributed by atoms with van der Waals surface area (Å²) in [6, 6.07) is 0.667. The fourth-order valence-electron chi connectivity index (χ4n) is 4.70. The average Bonchev–Trinajstić information content (AvgIpc) is 3.22. The molecule has 27 heavy (non-hydrogen) atoms. The number of thiophene rings is 1. The Labute approximate surface area is 165 Å². The first-order valence-corrected chi connectivity index (χ1v) is 11.2. The Morgan fingerprint density at radius 3 is 2.70 bits per heavy atom. The molecule has 1 fully saturated rings. The van der Waals surface area contributed by atoms with E-state index < -0.39 is 0 Å². The topological polar surface area (TPSA) is 58.5 Å². The predicted octanol–water partition coefficient (Wildman–Crippen LogP) is 4.13. The largest absolute Gasteiger partial charge is 0.474 e. The number of aliphatic hydroxyl groups excluding tert-OH is 1.